The van der Waals surface area contributed by atoms with Gasteiger partial charge in [0.1, 0.15) is 11.6 Å². The van der Waals surface area contributed by atoms with E-state index in [4.69, 9.17) is 5.26 Å². The molecule has 1 heterocycles. The summed E-state index contributed by atoms with van der Waals surface area (Å²) in [6.45, 7) is 1.79. The van der Waals surface area contributed by atoms with Crippen LogP contribution in [0.1, 0.15) is 30.0 Å². The summed E-state index contributed by atoms with van der Waals surface area (Å²) in [7, 11) is 0. The minimum Gasteiger partial charge on any atom is -0.311 e. The van der Waals surface area contributed by atoms with Crippen molar-refractivity contribution in [2.45, 2.75) is 25.8 Å². The van der Waals surface area contributed by atoms with Gasteiger partial charge in [-0.25, -0.2) is 0 Å². The molecular formula is C10H10N2O. The van der Waals surface area contributed by atoms with Crippen molar-refractivity contribution in [1.29, 1.82) is 5.26 Å². The van der Waals surface area contributed by atoms with Crippen molar-refractivity contribution < 1.29 is 0 Å². The molecular weight excluding hydrogens is 164 g/mol. The number of hydrogen-bond acceptors (Lipinski definition) is 2. The van der Waals surface area contributed by atoms with Gasteiger partial charge in [0.25, 0.3) is 5.56 Å². The molecule has 2 rings (SSSR count). The topological polar surface area (TPSA) is 45.8 Å². The Morgan fingerprint density at radius 2 is 2.31 bits per heavy atom. The average molecular weight is 174 g/mol. The molecule has 66 valence electrons. The van der Waals surface area contributed by atoms with Gasteiger partial charge in [-0.3, -0.25) is 4.79 Å². The molecule has 1 fully saturated rings. The van der Waals surface area contributed by atoms with E-state index in [1.165, 1.54) is 0 Å². The standard InChI is InChI=1S/C10H10N2O/c1-7-4-5-12(8-2-3-8)10(13)9(7)6-11/h4-5,8H,2-3H2,1H3. The molecule has 0 aliphatic heterocycles. The number of aryl methyl sites for hydroxylation is 1. The van der Waals surface area contributed by atoms with E-state index in [-0.39, 0.29) is 11.1 Å². The lowest BCUT2D eigenvalue weighted by Crippen LogP contribution is -2.21. The molecule has 0 amide bonds. The predicted octanol–water partition coefficient (Wildman–Crippen LogP) is 1.36. The molecule has 3 heteroatoms. The Balaban J connectivity index is 2.63. The minimum absolute atomic E-state index is 0.134. The van der Waals surface area contributed by atoms with E-state index in [1.54, 1.807) is 17.7 Å². The summed E-state index contributed by atoms with van der Waals surface area (Å²) in [6.07, 6.45) is 3.91. The van der Waals surface area contributed by atoms with Crippen molar-refractivity contribution in [3.8, 4) is 6.07 Å². The molecule has 0 atom stereocenters. The van der Waals surface area contributed by atoms with Crippen LogP contribution in [0.4, 0.5) is 0 Å². The molecule has 0 unspecified atom stereocenters. The van der Waals surface area contributed by atoms with Gasteiger partial charge in [-0.05, 0) is 31.4 Å². The fraction of sp³-hybridized carbons (Fsp3) is 0.400. The largest absolute Gasteiger partial charge is 0.311 e. The first-order valence-electron chi connectivity index (χ1n) is 4.36. The van der Waals surface area contributed by atoms with Crippen LogP contribution >= 0.6 is 0 Å². The first-order valence-corrected chi connectivity index (χ1v) is 4.36. The van der Waals surface area contributed by atoms with Gasteiger partial charge in [-0.1, -0.05) is 0 Å². The highest BCUT2D eigenvalue weighted by atomic mass is 16.1. The van der Waals surface area contributed by atoms with Crippen molar-refractivity contribution in [2.24, 2.45) is 0 Å². The lowest BCUT2D eigenvalue weighted by molar-refractivity contribution is 0.703. The molecule has 0 spiro atoms. The Hall–Kier alpha value is -1.56. The summed E-state index contributed by atoms with van der Waals surface area (Å²) in [6, 6.07) is 4.13. The van der Waals surface area contributed by atoms with Crippen molar-refractivity contribution in [1.82, 2.24) is 4.57 Å². The van der Waals surface area contributed by atoms with Gasteiger partial charge >= 0.3 is 0 Å². The Morgan fingerprint density at radius 3 is 2.85 bits per heavy atom. The maximum Gasteiger partial charge on any atom is 0.268 e. The van der Waals surface area contributed by atoms with Gasteiger partial charge in [-0.15, -0.1) is 0 Å². The van der Waals surface area contributed by atoms with Gasteiger partial charge in [-0.2, -0.15) is 5.26 Å². The minimum atomic E-state index is -0.134. The number of aromatic nitrogens is 1. The van der Waals surface area contributed by atoms with Crippen LogP contribution in [0.5, 0.6) is 0 Å². The second-order valence-electron chi connectivity index (χ2n) is 3.43. The van der Waals surface area contributed by atoms with Crippen LogP contribution in [0.15, 0.2) is 17.1 Å². The Kier molecular flexibility index (Phi) is 1.70. The summed E-state index contributed by atoms with van der Waals surface area (Å²) < 4.78 is 1.67. The zero-order valence-corrected chi connectivity index (χ0v) is 7.45. The van der Waals surface area contributed by atoms with E-state index < -0.39 is 0 Å². The zero-order valence-electron chi connectivity index (χ0n) is 7.45. The molecule has 1 aliphatic rings. The maximum absolute atomic E-state index is 11.6. The first-order chi connectivity index (χ1) is 6.24. The monoisotopic (exact) mass is 174 g/mol. The third-order valence-corrected chi connectivity index (χ3v) is 2.38. The van der Waals surface area contributed by atoms with E-state index in [2.05, 4.69) is 0 Å². The average Bonchev–Trinajstić information content (AvgIpc) is 2.88. The Labute approximate surface area is 76.2 Å². The van der Waals surface area contributed by atoms with Crippen LogP contribution in [-0.2, 0) is 0 Å². The molecule has 0 aromatic carbocycles. The number of rotatable bonds is 1. The van der Waals surface area contributed by atoms with Gasteiger partial charge in [0.05, 0.1) is 0 Å². The number of hydrogen-bond donors (Lipinski definition) is 0. The van der Waals surface area contributed by atoms with Gasteiger partial charge in [0, 0.05) is 12.2 Å². The fourth-order valence-corrected chi connectivity index (χ4v) is 1.42. The van der Waals surface area contributed by atoms with Crippen molar-refractivity contribution in [3.63, 3.8) is 0 Å². The molecule has 1 aliphatic carbocycles. The Morgan fingerprint density at radius 1 is 1.62 bits per heavy atom. The molecule has 1 aromatic rings. The van der Waals surface area contributed by atoms with E-state index in [0.29, 0.717) is 6.04 Å². The highest BCUT2D eigenvalue weighted by Crippen LogP contribution is 2.33. The fourth-order valence-electron chi connectivity index (χ4n) is 1.42. The highest BCUT2D eigenvalue weighted by molar-refractivity contribution is 5.34. The first kappa shape index (κ1) is 8.06. The lowest BCUT2D eigenvalue weighted by Gasteiger charge is -2.04. The molecule has 0 radical (unpaired) electrons. The molecule has 1 aromatic heterocycles. The molecule has 13 heavy (non-hydrogen) atoms. The number of nitrogens with zero attached hydrogens (tertiary/aromatic N) is 2. The van der Waals surface area contributed by atoms with Crippen LogP contribution < -0.4 is 5.56 Å². The summed E-state index contributed by atoms with van der Waals surface area (Å²) in [5, 5.41) is 8.76. The number of nitriles is 1. The van der Waals surface area contributed by atoms with Crippen LogP contribution in [0.25, 0.3) is 0 Å². The van der Waals surface area contributed by atoms with Crippen molar-refractivity contribution >= 4 is 0 Å². The summed E-state index contributed by atoms with van der Waals surface area (Å²) in [5.41, 5.74) is 0.920. The lowest BCUT2D eigenvalue weighted by atomic mass is 10.2. The van der Waals surface area contributed by atoms with Crippen LogP contribution in [0, 0.1) is 18.3 Å². The summed E-state index contributed by atoms with van der Waals surface area (Å²) >= 11 is 0. The third-order valence-electron chi connectivity index (χ3n) is 2.38. The van der Waals surface area contributed by atoms with Crippen LogP contribution in [0.3, 0.4) is 0 Å². The van der Waals surface area contributed by atoms with Crippen molar-refractivity contribution in [3.05, 3.63) is 33.7 Å². The van der Waals surface area contributed by atoms with E-state index in [9.17, 15) is 4.79 Å². The van der Waals surface area contributed by atoms with Gasteiger partial charge in [0.2, 0.25) is 0 Å². The van der Waals surface area contributed by atoms with E-state index in [0.717, 1.165) is 18.4 Å². The quantitative estimate of drug-likeness (QED) is 0.645. The van der Waals surface area contributed by atoms with Crippen LogP contribution in [-0.4, -0.2) is 4.57 Å². The zero-order chi connectivity index (χ0) is 9.42. The maximum atomic E-state index is 11.6. The SMILES string of the molecule is Cc1ccn(C2CC2)c(=O)c1C#N. The van der Waals surface area contributed by atoms with E-state index >= 15 is 0 Å². The molecule has 3 nitrogen and oxygen atoms in total. The number of pyridine rings is 1. The molecule has 0 saturated heterocycles. The van der Waals surface area contributed by atoms with E-state index in [1.807, 2.05) is 12.1 Å². The Bertz CT molecular complexity index is 435. The summed E-state index contributed by atoms with van der Waals surface area (Å²) in [5.74, 6) is 0. The second kappa shape index (κ2) is 2.74. The smallest absolute Gasteiger partial charge is 0.268 e. The molecule has 1 saturated carbocycles. The second-order valence-corrected chi connectivity index (χ2v) is 3.43. The highest BCUT2D eigenvalue weighted by Gasteiger charge is 2.25. The molecule has 0 bridgehead atoms. The van der Waals surface area contributed by atoms with Gasteiger partial charge < -0.3 is 4.57 Å². The normalized spacial score (nSPS) is 15.4. The molecule has 0 N–H and O–H groups in total. The van der Waals surface area contributed by atoms with Gasteiger partial charge in [0.15, 0.2) is 0 Å². The summed E-state index contributed by atoms with van der Waals surface area (Å²) in [4.78, 5) is 11.6. The third kappa shape index (κ3) is 1.25. The predicted molar refractivity (Wildman–Crippen MR) is 48.4 cm³/mol. The van der Waals surface area contributed by atoms with Crippen molar-refractivity contribution in [2.75, 3.05) is 0 Å². The van der Waals surface area contributed by atoms with Crippen LogP contribution in [0.2, 0.25) is 0 Å².